The second-order valence-electron chi connectivity index (χ2n) is 11.2. The van der Waals surface area contributed by atoms with E-state index in [0.29, 0.717) is 25.3 Å². The van der Waals surface area contributed by atoms with Crippen molar-refractivity contribution >= 4 is 21.8 Å². The lowest BCUT2D eigenvalue weighted by molar-refractivity contribution is -0.124. The quantitative estimate of drug-likeness (QED) is 0.220. The van der Waals surface area contributed by atoms with E-state index in [4.69, 9.17) is 4.74 Å². The minimum atomic E-state index is -4.12. The Morgan fingerprint density at radius 1 is 1.07 bits per heavy atom. The predicted octanol–water partition coefficient (Wildman–Crippen LogP) is 2.07. The van der Waals surface area contributed by atoms with Gasteiger partial charge in [-0.2, -0.15) is 4.31 Å². The van der Waals surface area contributed by atoms with Crippen LogP contribution in [0.5, 0.6) is 5.75 Å². The molecule has 2 unspecified atom stereocenters. The molecule has 2 aromatic carbocycles. The number of fused-ring (bicyclic) bond motifs is 1. The number of carbonyl (C=O) groups is 2. The van der Waals surface area contributed by atoms with Crippen molar-refractivity contribution in [2.45, 2.75) is 57.1 Å². The zero-order valence-corrected chi connectivity index (χ0v) is 25.3. The van der Waals surface area contributed by atoms with Crippen LogP contribution in [0.1, 0.15) is 44.7 Å². The molecular weight excluding hydrogens is 544 g/mol. The lowest BCUT2D eigenvalue weighted by atomic mass is 9.98. The second kappa shape index (κ2) is 14.8. The van der Waals surface area contributed by atoms with Gasteiger partial charge in [-0.1, -0.05) is 51.1 Å². The topological polar surface area (TPSA) is 137 Å². The molecule has 0 spiro atoms. The monoisotopic (exact) mass is 588 g/mol. The molecule has 2 aromatic rings. The lowest BCUT2D eigenvalue weighted by Gasteiger charge is -2.40. The molecule has 10 nitrogen and oxygen atoms in total. The number of hydrogen-bond donors (Lipinski definition) is 4. The number of nitrogens with one attached hydrogen (secondary N) is 3. The van der Waals surface area contributed by atoms with Crippen LogP contribution in [0.4, 0.5) is 0 Å². The van der Waals surface area contributed by atoms with Crippen molar-refractivity contribution in [1.82, 2.24) is 20.3 Å². The van der Waals surface area contributed by atoms with Crippen molar-refractivity contribution in [3.8, 4) is 5.75 Å². The van der Waals surface area contributed by atoms with E-state index in [0.717, 1.165) is 11.1 Å². The fourth-order valence-corrected chi connectivity index (χ4v) is 6.76. The highest BCUT2D eigenvalue weighted by molar-refractivity contribution is 7.89. The van der Waals surface area contributed by atoms with Crippen molar-refractivity contribution in [3.05, 3.63) is 59.7 Å². The summed E-state index contributed by atoms with van der Waals surface area (Å²) in [6.07, 6.45) is 0.849. The van der Waals surface area contributed by atoms with E-state index in [1.807, 2.05) is 51.1 Å². The van der Waals surface area contributed by atoms with Gasteiger partial charge < -0.3 is 25.8 Å². The molecule has 1 heterocycles. The maximum atomic E-state index is 14.1. The van der Waals surface area contributed by atoms with E-state index in [-0.39, 0.29) is 67.4 Å². The van der Waals surface area contributed by atoms with Crippen molar-refractivity contribution in [1.29, 1.82) is 0 Å². The minimum absolute atomic E-state index is 0.0130. The summed E-state index contributed by atoms with van der Waals surface area (Å²) >= 11 is 0. The highest BCUT2D eigenvalue weighted by Crippen LogP contribution is 2.33. The Bertz CT molecular complexity index is 1270. The zero-order chi connectivity index (χ0) is 30.0. The Labute approximate surface area is 243 Å². The van der Waals surface area contributed by atoms with Gasteiger partial charge in [0.25, 0.3) is 0 Å². The van der Waals surface area contributed by atoms with Gasteiger partial charge in [0, 0.05) is 45.3 Å². The van der Waals surface area contributed by atoms with Crippen LogP contribution >= 0.6 is 0 Å². The first-order chi connectivity index (χ1) is 19.4. The molecule has 11 heteroatoms. The molecule has 2 atom stereocenters. The summed E-state index contributed by atoms with van der Waals surface area (Å²) in [7, 11) is -2.43. The average molecular weight is 589 g/mol. The maximum absolute atomic E-state index is 14.1. The summed E-state index contributed by atoms with van der Waals surface area (Å²) in [5.74, 6) is 0.129. The first kappa shape index (κ1) is 32.5. The van der Waals surface area contributed by atoms with Crippen LogP contribution < -0.4 is 20.7 Å². The van der Waals surface area contributed by atoms with Gasteiger partial charge >= 0.3 is 0 Å². The number of nitrogens with zero attached hydrogens (tertiary/aromatic N) is 1. The first-order valence-electron chi connectivity index (χ1n) is 14.2. The van der Waals surface area contributed by atoms with Crippen molar-refractivity contribution in [3.63, 3.8) is 0 Å². The second-order valence-corrected chi connectivity index (χ2v) is 13.0. The van der Waals surface area contributed by atoms with Gasteiger partial charge in [0.2, 0.25) is 21.8 Å². The summed E-state index contributed by atoms with van der Waals surface area (Å²) in [6.45, 7) is 6.91. The molecule has 0 aliphatic carbocycles. The van der Waals surface area contributed by atoms with E-state index in [2.05, 4.69) is 16.0 Å². The van der Waals surface area contributed by atoms with Gasteiger partial charge in [0.15, 0.2) is 0 Å². The number of rotatable bonds is 16. The summed E-state index contributed by atoms with van der Waals surface area (Å²) in [6, 6.07) is 14.1. The van der Waals surface area contributed by atoms with E-state index < -0.39 is 15.7 Å². The number of amides is 2. The SMILES string of the molecule is CNCC(=O)NCC(C)CC(=O)NCCC(O)(Cc1ccccc1)N(CC(C)C)S(=O)(=O)c1ccc2c(c1)CCO2. The fourth-order valence-electron chi connectivity index (χ4n) is 4.87. The van der Waals surface area contributed by atoms with Crippen LogP contribution in [0.15, 0.2) is 53.4 Å². The van der Waals surface area contributed by atoms with Crippen LogP contribution in [0.2, 0.25) is 0 Å². The number of sulfonamides is 1. The molecule has 41 heavy (non-hydrogen) atoms. The summed E-state index contributed by atoms with van der Waals surface area (Å²) in [4.78, 5) is 24.5. The molecule has 1 aliphatic rings. The van der Waals surface area contributed by atoms with Gasteiger partial charge in [-0.25, -0.2) is 8.42 Å². The van der Waals surface area contributed by atoms with E-state index in [1.54, 1.807) is 19.2 Å². The van der Waals surface area contributed by atoms with Crippen molar-refractivity contribution < 1.29 is 27.9 Å². The highest BCUT2D eigenvalue weighted by atomic mass is 32.2. The molecule has 0 radical (unpaired) electrons. The molecular formula is C30H44N4O6S. The molecule has 1 aliphatic heterocycles. The molecule has 0 saturated heterocycles. The standard InChI is InChI=1S/C30H44N4O6S/c1-22(2)21-34(41(38,39)26-10-11-27-25(17-26)12-15-40-27)30(37,18-24-8-6-5-7-9-24)13-14-32-28(35)16-23(3)19-33-29(36)20-31-4/h5-11,17,22-23,31,37H,12-16,18-21H2,1-4H3,(H,32,35)(H,33,36). The van der Waals surface area contributed by atoms with Crippen LogP contribution in [-0.2, 0) is 32.5 Å². The van der Waals surface area contributed by atoms with Crippen LogP contribution in [0, 0.1) is 11.8 Å². The average Bonchev–Trinajstić information content (AvgIpc) is 3.39. The fraction of sp³-hybridized carbons (Fsp3) is 0.533. The summed E-state index contributed by atoms with van der Waals surface area (Å²) in [5.41, 5.74) is -0.204. The van der Waals surface area contributed by atoms with Gasteiger partial charge in [0.1, 0.15) is 11.5 Å². The molecule has 0 saturated carbocycles. The summed E-state index contributed by atoms with van der Waals surface area (Å²) in [5, 5.41) is 20.6. The Kier molecular flexibility index (Phi) is 11.7. The smallest absolute Gasteiger partial charge is 0.245 e. The maximum Gasteiger partial charge on any atom is 0.245 e. The number of ether oxygens (including phenoxy) is 1. The molecule has 4 N–H and O–H groups in total. The Morgan fingerprint density at radius 3 is 2.49 bits per heavy atom. The van der Waals surface area contributed by atoms with E-state index in [9.17, 15) is 23.1 Å². The first-order valence-corrected chi connectivity index (χ1v) is 15.6. The number of likely N-dealkylation sites (N-methyl/N-ethyl adjacent to an activating group) is 1. The molecule has 226 valence electrons. The largest absolute Gasteiger partial charge is 0.493 e. The number of carbonyl (C=O) groups excluding carboxylic acids is 2. The lowest BCUT2D eigenvalue weighted by Crippen LogP contribution is -2.55. The number of benzene rings is 2. The number of aliphatic hydroxyl groups is 1. The van der Waals surface area contributed by atoms with Crippen molar-refractivity contribution in [2.75, 3.05) is 39.8 Å². The van der Waals surface area contributed by atoms with Crippen molar-refractivity contribution in [2.24, 2.45) is 11.8 Å². The Balaban J connectivity index is 1.80. The van der Waals surface area contributed by atoms with Gasteiger partial charge in [0.05, 0.1) is 18.0 Å². The third-order valence-electron chi connectivity index (χ3n) is 6.94. The van der Waals surface area contributed by atoms with Crippen LogP contribution in [0.25, 0.3) is 0 Å². The molecule has 0 fully saturated rings. The minimum Gasteiger partial charge on any atom is -0.493 e. The normalized spacial score (nSPS) is 15.2. The molecule has 2 amide bonds. The number of hydrogen-bond acceptors (Lipinski definition) is 7. The van der Waals surface area contributed by atoms with E-state index >= 15 is 0 Å². The Morgan fingerprint density at radius 2 is 1.80 bits per heavy atom. The summed E-state index contributed by atoms with van der Waals surface area (Å²) < 4.78 is 35.0. The Hall–Kier alpha value is -2.99. The van der Waals surface area contributed by atoms with E-state index in [1.165, 1.54) is 10.4 Å². The highest BCUT2D eigenvalue weighted by Gasteiger charge is 2.43. The third-order valence-corrected chi connectivity index (χ3v) is 8.86. The zero-order valence-electron chi connectivity index (χ0n) is 24.5. The van der Waals surface area contributed by atoms with Gasteiger partial charge in [-0.3, -0.25) is 9.59 Å². The third kappa shape index (κ3) is 9.26. The predicted molar refractivity (Wildman–Crippen MR) is 158 cm³/mol. The molecule has 0 aromatic heterocycles. The molecule has 0 bridgehead atoms. The van der Waals surface area contributed by atoms with Gasteiger partial charge in [-0.05, 0) is 48.2 Å². The molecule has 3 rings (SSSR count). The van der Waals surface area contributed by atoms with Gasteiger partial charge in [-0.15, -0.1) is 0 Å². The van der Waals surface area contributed by atoms with Crippen LogP contribution in [0.3, 0.4) is 0 Å². The van der Waals surface area contributed by atoms with Crippen LogP contribution in [-0.4, -0.2) is 75.2 Å².